The van der Waals surface area contributed by atoms with Crippen LogP contribution >= 0.6 is 0 Å². The number of nitrogens with one attached hydrogen (secondary N) is 1. The number of hydrogen-bond donors (Lipinski definition) is 2. The van der Waals surface area contributed by atoms with Crippen molar-refractivity contribution < 1.29 is 19.4 Å². The molecule has 0 bridgehead atoms. The molecule has 2 N–H and O–H groups in total. The van der Waals surface area contributed by atoms with Crippen LogP contribution in [-0.2, 0) is 11.2 Å². The van der Waals surface area contributed by atoms with Crippen molar-refractivity contribution in [3.05, 3.63) is 17.7 Å². The maximum atomic E-state index is 11.3. The largest absolute Gasteiger partial charge is 0.486 e. The molecule has 2 heterocycles. The Balaban J connectivity index is 2.04. The van der Waals surface area contributed by atoms with Gasteiger partial charge in [0.05, 0.1) is 13.0 Å². The third-order valence-electron chi connectivity index (χ3n) is 2.75. The second kappa shape index (κ2) is 3.38. The van der Waals surface area contributed by atoms with Crippen molar-refractivity contribution in [1.82, 2.24) is 0 Å². The van der Waals surface area contributed by atoms with Crippen molar-refractivity contribution in [3.63, 3.8) is 0 Å². The summed E-state index contributed by atoms with van der Waals surface area (Å²) in [6, 6.07) is 3.58. The number of carbonyl (C=O) groups is 1. The summed E-state index contributed by atoms with van der Waals surface area (Å²) < 4.78 is 11.1. The highest BCUT2D eigenvalue weighted by Crippen LogP contribution is 2.41. The predicted molar refractivity (Wildman–Crippen MR) is 55.8 cm³/mol. The highest BCUT2D eigenvalue weighted by molar-refractivity contribution is 6.00. The van der Waals surface area contributed by atoms with Crippen LogP contribution in [0.2, 0.25) is 0 Å². The van der Waals surface area contributed by atoms with Crippen molar-refractivity contribution in [2.75, 3.05) is 18.5 Å². The lowest BCUT2D eigenvalue weighted by atomic mass is 10.1. The fourth-order valence-electron chi connectivity index (χ4n) is 1.97. The average Bonchev–Trinajstić information content (AvgIpc) is 2.69. The quantitative estimate of drug-likeness (QED) is 0.716. The van der Waals surface area contributed by atoms with Crippen LogP contribution in [0.25, 0.3) is 0 Å². The van der Waals surface area contributed by atoms with Crippen LogP contribution in [0.15, 0.2) is 12.1 Å². The maximum absolute atomic E-state index is 11.3. The molecule has 5 heteroatoms. The van der Waals surface area contributed by atoms with Crippen LogP contribution in [-0.4, -0.2) is 30.3 Å². The van der Waals surface area contributed by atoms with E-state index in [0.29, 0.717) is 24.5 Å². The van der Waals surface area contributed by atoms with E-state index in [1.165, 1.54) is 0 Å². The van der Waals surface area contributed by atoms with E-state index >= 15 is 0 Å². The van der Waals surface area contributed by atoms with Crippen molar-refractivity contribution >= 4 is 11.6 Å². The van der Waals surface area contributed by atoms with E-state index in [0.717, 1.165) is 11.3 Å². The van der Waals surface area contributed by atoms with Gasteiger partial charge in [0.25, 0.3) is 0 Å². The molecule has 0 saturated carbocycles. The zero-order chi connectivity index (χ0) is 11.1. The minimum Gasteiger partial charge on any atom is -0.486 e. The number of amides is 1. The Morgan fingerprint density at radius 3 is 3.19 bits per heavy atom. The van der Waals surface area contributed by atoms with E-state index in [1.807, 2.05) is 6.07 Å². The predicted octanol–water partition coefficient (Wildman–Crippen LogP) is 0.313. The van der Waals surface area contributed by atoms with Crippen LogP contribution in [0, 0.1) is 0 Å². The Bertz CT molecular complexity index is 458. The van der Waals surface area contributed by atoms with Crippen molar-refractivity contribution in [2.24, 2.45) is 0 Å². The normalized spacial score (nSPS) is 21.6. The van der Waals surface area contributed by atoms with Crippen LogP contribution in [0.4, 0.5) is 5.69 Å². The molecule has 84 valence electrons. The number of benzene rings is 1. The second-order valence-electron chi connectivity index (χ2n) is 3.88. The number of ether oxygens (including phenoxy) is 2. The lowest BCUT2D eigenvalue weighted by Crippen LogP contribution is -2.32. The lowest BCUT2D eigenvalue weighted by Gasteiger charge is -2.26. The first-order chi connectivity index (χ1) is 7.78. The molecule has 0 aliphatic carbocycles. The van der Waals surface area contributed by atoms with E-state index < -0.39 is 0 Å². The van der Waals surface area contributed by atoms with E-state index in [9.17, 15) is 4.79 Å². The smallest absolute Gasteiger partial charge is 0.229 e. The fraction of sp³-hybridized carbons (Fsp3) is 0.364. The van der Waals surface area contributed by atoms with Gasteiger partial charge in [-0.1, -0.05) is 0 Å². The zero-order valence-corrected chi connectivity index (χ0v) is 8.53. The summed E-state index contributed by atoms with van der Waals surface area (Å²) in [7, 11) is 0. The molecular weight excluding hydrogens is 210 g/mol. The number of hydrogen-bond acceptors (Lipinski definition) is 4. The molecule has 16 heavy (non-hydrogen) atoms. The number of carbonyl (C=O) groups excluding carboxylic acids is 1. The van der Waals surface area contributed by atoms with Gasteiger partial charge in [0.1, 0.15) is 6.61 Å². The Labute approximate surface area is 92.0 Å². The average molecular weight is 221 g/mol. The van der Waals surface area contributed by atoms with Gasteiger partial charge in [-0.05, 0) is 12.1 Å². The summed E-state index contributed by atoms with van der Waals surface area (Å²) in [6.07, 6.45) is -0.0466. The minimum atomic E-state index is -0.352. The molecule has 0 saturated heterocycles. The molecule has 0 fully saturated rings. The molecule has 1 atom stereocenters. The number of rotatable bonds is 1. The van der Waals surface area contributed by atoms with Gasteiger partial charge >= 0.3 is 0 Å². The molecule has 2 aliphatic rings. The fourth-order valence-corrected chi connectivity index (χ4v) is 1.97. The number of anilines is 1. The molecule has 2 aliphatic heterocycles. The Morgan fingerprint density at radius 1 is 1.50 bits per heavy atom. The summed E-state index contributed by atoms with van der Waals surface area (Å²) in [5, 5.41) is 11.8. The number of fused-ring (bicyclic) bond motifs is 3. The summed E-state index contributed by atoms with van der Waals surface area (Å²) >= 11 is 0. The Morgan fingerprint density at radius 2 is 2.38 bits per heavy atom. The maximum Gasteiger partial charge on any atom is 0.229 e. The van der Waals surface area contributed by atoms with Crippen LogP contribution in [0.5, 0.6) is 11.5 Å². The van der Waals surface area contributed by atoms with Gasteiger partial charge in [0.2, 0.25) is 5.91 Å². The molecule has 3 rings (SSSR count). The van der Waals surface area contributed by atoms with Gasteiger partial charge in [0.15, 0.2) is 17.6 Å². The van der Waals surface area contributed by atoms with E-state index in [-0.39, 0.29) is 18.6 Å². The minimum absolute atomic E-state index is 0.0434. The molecule has 0 spiro atoms. The van der Waals surface area contributed by atoms with Crippen molar-refractivity contribution in [3.8, 4) is 11.5 Å². The molecule has 0 radical (unpaired) electrons. The summed E-state index contributed by atoms with van der Waals surface area (Å²) in [6.45, 7) is 0.244. The van der Waals surface area contributed by atoms with Gasteiger partial charge in [-0.3, -0.25) is 4.79 Å². The standard InChI is InChI=1S/C11H11NO4/c13-4-6-5-15-9-2-1-8-7(11(9)16-6)3-10(14)12-8/h1-2,6,13H,3-5H2,(H,12,14)/t6-/m1/s1. The number of aliphatic hydroxyl groups is 1. The van der Waals surface area contributed by atoms with E-state index in [4.69, 9.17) is 14.6 Å². The lowest BCUT2D eigenvalue weighted by molar-refractivity contribution is -0.115. The monoisotopic (exact) mass is 221 g/mol. The second-order valence-corrected chi connectivity index (χ2v) is 3.88. The Hall–Kier alpha value is -1.75. The van der Waals surface area contributed by atoms with Crippen molar-refractivity contribution in [2.45, 2.75) is 12.5 Å². The SMILES string of the molecule is O=C1Cc2c(ccc3c2O[C@H](CO)CO3)N1. The summed E-state index contributed by atoms with van der Waals surface area (Å²) in [4.78, 5) is 11.3. The molecule has 1 aromatic rings. The molecule has 0 aromatic heterocycles. The first-order valence-electron chi connectivity index (χ1n) is 5.14. The van der Waals surface area contributed by atoms with Gasteiger partial charge in [0, 0.05) is 11.3 Å². The molecular formula is C11H11NO4. The van der Waals surface area contributed by atoms with Gasteiger partial charge < -0.3 is 19.9 Å². The highest BCUT2D eigenvalue weighted by Gasteiger charge is 2.29. The third kappa shape index (κ3) is 1.32. The van der Waals surface area contributed by atoms with Crippen LogP contribution < -0.4 is 14.8 Å². The van der Waals surface area contributed by atoms with Gasteiger partial charge in [-0.2, -0.15) is 0 Å². The molecule has 1 amide bonds. The van der Waals surface area contributed by atoms with Crippen LogP contribution in [0.3, 0.4) is 0 Å². The summed E-state index contributed by atoms with van der Waals surface area (Å²) in [5.41, 5.74) is 1.59. The molecule has 0 unspecified atom stereocenters. The van der Waals surface area contributed by atoms with Gasteiger partial charge in [-0.15, -0.1) is 0 Å². The van der Waals surface area contributed by atoms with Crippen LogP contribution in [0.1, 0.15) is 5.56 Å². The topological polar surface area (TPSA) is 67.8 Å². The first kappa shape index (κ1) is 9.47. The zero-order valence-electron chi connectivity index (χ0n) is 8.53. The first-order valence-corrected chi connectivity index (χ1v) is 5.14. The Kier molecular flexibility index (Phi) is 2.00. The number of aliphatic hydroxyl groups excluding tert-OH is 1. The van der Waals surface area contributed by atoms with E-state index in [1.54, 1.807) is 6.07 Å². The summed E-state index contributed by atoms with van der Waals surface area (Å²) in [5.74, 6) is 1.18. The van der Waals surface area contributed by atoms with Crippen molar-refractivity contribution in [1.29, 1.82) is 0 Å². The molecule has 5 nitrogen and oxygen atoms in total. The van der Waals surface area contributed by atoms with Gasteiger partial charge in [-0.25, -0.2) is 0 Å². The highest BCUT2D eigenvalue weighted by atomic mass is 16.6. The third-order valence-corrected chi connectivity index (χ3v) is 2.75. The molecule has 1 aromatic carbocycles. The van der Waals surface area contributed by atoms with E-state index in [2.05, 4.69) is 5.32 Å².